The fourth-order valence-electron chi connectivity index (χ4n) is 2.76. The van der Waals surface area contributed by atoms with E-state index < -0.39 is 5.82 Å². The molecule has 3 heterocycles. The molecule has 10 heteroatoms. The summed E-state index contributed by atoms with van der Waals surface area (Å²) in [6.07, 6.45) is 3.98. The van der Waals surface area contributed by atoms with E-state index in [4.69, 9.17) is 4.74 Å². The number of aromatic nitrogens is 6. The van der Waals surface area contributed by atoms with Crippen molar-refractivity contribution < 1.29 is 13.9 Å². The molecule has 1 amide bonds. The minimum atomic E-state index is -0.525. The Balaban J connectivity index is 1.43. The van der Waals surface area contributed by atoms with E-state index in [0.717, 1.165) is 12.4 Å². The van der Waals surface area contributed by atoms with Crippen molar-refractivity contribution in [2.75, 3.05) is 13.1 Å². The van der Waals surface area contributed by atoms with Gasteiger partial charge in [0.15, 0.2) is 5.82 Å². The minimum Gasteiger partial charge on any atom is -0.458 e. The largest absolute Gasteiger partial charge is 0.458 e. The second-order valence-corrected chi connectivity index (χ2v) is 5.77. The Hall–Kier alpha value is -3.43. The van der Waals surface area contributed by atoms with Crippen molar-refractivity contribution in [1.29, 1.82) is 0 Å². The molecule has 1 aliphatic rings. The van der Waals surface area contributed by atoms with Crippen LogP contribution in [0.5, 0.6) is 6.01 Å². The van der Waals surface area contributed by atoms with Crippen molar-refractivity contribution in [2.45, 2.75) is 12.5 Å². The third-order valence-corrected chi connectivity index (χ3v) is 4.01. The number of carbonyl (C=O) groups excluding carboxylic acids is 1. The zero-order valence-electron chi connectivity index (χ0n) is 13.6. The van der Waals surface area contributed by atoms with Gasteiger partial charge < -0.3 is 9.64 Å². The van der Waals surface area contributed by atoms with Gasteiger partial charge in [0, 0.05) is 18.5 Å². The van der Waals surface area contributed by atoms with Gasteiger partial charge in [-0.1, -0.05) is 6.07 Å². The van der Waals surface area contributed by atoms with Gasteiger partial charge in [0.1, 0.15) is 12.4 Å². The Kier molecular flexibility index (Phi) is 4.22. The number of nitrogens with zero attached hydrogens (tertiary/aromatic N) is 7. The highest BCUT2D eigenvalue weighted by Crippen LogP contribution is 2.18. The summed E-state index contributed by atoms with van der Waals surface area (Å²) in [5.41, 5.74) is 1.24. The summed E-state index contributed by atoms with van der Waals surface area (Å²) in [4.78, 5) is 22.0. The Morgan fingerprint density at radius 1 is 1.27 bits per heavy atom. The van der Waals surface area contributed by atoms with Gasteiger partial charge in [-0.15, -0.1) is 5.10 Å². The molecule has 1 unspecified atom stereocenters. The first kappa shape index (κ1) is 16.1. The standard InChI is InChI=1S/C16H14FN7O2/c17-12-7-18-16(19-8-12)26-14-4-5-23(9-14)15(25)11-2-1-3-13(6-11)24-10-20-21-22-24/h1-3,6-8,10,14H,4-5,9H2. The molecule has 4 rings (SSSR count). The number of benzene rings is 1. The van der Waals surface area contributed by atoms with Crippen LogP contribution in [0.25, 0.3) is 5.69 Å². The lowest BCUT2D eigenvalue weighted by Crippen LogP contribution is -2.31. The smallest absolute Gasteiger partial charge is 0.316 e. The third kappa shape index (κ3) is 3.34. The lowest BCUT2D eigenvalue weighted by molar-refractivity contribution is 0.0769. The van der Waals surface area contributed by atoms with Crippen LogP contribution in [0.15, 0.2) is 43.0 Å². The van der Waals surface area contributed by atoms with Crippen LogP contribution in [0.3, 0.4) is 0 Å². The van der Waals surface area contributed by atoms with Crippen LogP contribution >= 0.6 is 0 Å². The highest BCUT2D eigenvalue weighted by Gasteiger charge is 2.29. The SMILES string of the molecule is O=C(c1cccc(-n2cnnn2)c1)N1CCC(Oc2ncc(F)cn2)C1. The molecule has 1 aliphatic heterocycles. The molecule has 0 N–H and O–H groups in total. The summed E-state index contributed by atoms with van der Waals surface area (Å²) in [6, 6.07) is 7.17. The van der Waals surface area contributed by atoms with Gasteiger partial charge in [0.05, 0.1) is 24.6 Å². The van der Waals surface area contributed by atoms with Gasteiger partial charge in [-0.25, -0.2) is 19.0 Å². The maximum Gasteiger partial charge on any atom is 0.316 e. The molecule has 1 fully saturated rings. The van der Waals surface area contributed by atoms with E-state index in [0.29, 0.717) is 30.8 Å². The molecule has 0 spiro atoms. The first-order chi connectivity index (χ1) is 12.7. The van der Waals surface area contributed by atoms with Gasteiger partial charge in [0.25, 0.3) is 5.91 Å². The fraction of sp³-hybridized carbons (Fsp3) is 0.250. The van der Waals surface area contributed by atoms with E-state index in [-0.39, 0.29) is 18.0 Å². The maximum atomic E-state index is 12.8. The molecule has 2 aromatic heterocycles. The summed E-state index contributed by atoms with van der Waals surface area (Å²) in [5.74, 6) is -0.630. The number of halogens is 1. The summed E-state index contributed by atoms with van der Waals surface area (Å²) in [6.45, 7) is 0.967. The molecular formula is C16H14FN7O2. The van der Waals surface area contributed by atoms with Crippen molar-refractivity contribution in [3.05, 3.63) is 54.4 Å². The normalized spacial score (nSPS) is 16.7. The molecule has 132 valence electrons. The molecule has 1 aromatic carbocycles. The van der Waals surface area contributed by atoms with Gasteiger partial charge in [-0.2, -0.15) is 0 Å². The Morgan fingerprint density at radius 2 is 2.12 bits per heavy atom. The second-order valence-electron chi connectivity index (χ2n) is 5.77. The van der Waals surface area contributed by atoms with Gasteiger partial charge in [-0.3, -0.25) is 4.79 Å². The number of rotatable bonds is 4. The van der Waals surface area contributed by atoms with E-state index in [1.54, 1.807) is 23.1 Å². The highest BCUT2D eigenvalue weighted by molar-refractivity contribution is 5.95. The predicted molar refractivity (Wildman–Crippen MR) is 86.1 cm³/mol. The van der Waals surface area contributed by atoms with Crippen molar-refractivity contribution >= 4 is 5.91 Å². The molecule has 0 aliphatic carbocycles. The molecule has 1 atom stereocenters. The molecule has 0 saturated carbocycles. The fourth-order valence-corrected chi connectivity index (χ4v) is 2.76. The molecule has 0 radical (unpaired) electrons. The molecule has 3 aromatic rings. The Labute approximate surface area is 147 Å². The minimum absolute atomic E-state index is 0.103. The van der Waals surface area contributed by atoms with Gasteiger partial charge >= 0.3 is 6.01 Å². The van der Waals surface area contributed by atoms with Crippen molar-refractivity contribution in [1.82, 2.24) is 35.1 Å². The molecular weight excluding hydrogens is 341 g/mol. The van der Waals surface area contributed by atoms with Crippen molar-refractivity contribution in [2.24, 2.45) is 0 Å². The van der Waals surface area contributed by atoms with Crippen molar-refractivity contribution in [3.8, 4) is 11.7 Å². The average molecular weight is 355 g/mol. The van der Waals surface area contributed by atoms with Crippen molar-refractivity contribution in [3.63, 3.8) is 0 Å². The number of tetrazole rings is 1. The zero-order chi connectivity index (χ0) is 17.9. The van der Waals surface area contributed by atoms with E-state index >= 15 is 0 Å². The third-order valence-electron chi connectivity index (χ3n) is 4.01. The summed E-state index contributed by atoms with van der Waals surface area (Å²) in [5, 5.41) is 11.0. The van der Waals surface area contributed by atoms with Gasteiger partial charge in [0.2, 0.25) is 0 Å². The quantitative estimate of drug-likeness (QED) is 0.685. The van der Waals surface area contributed by atoms with Crippen LogP contribution in [0, 0.1) is 5.82 Å². The van der Waals surface area contributed by atoms with Crippen LogP contribution in [0.1, 0.15) is 16.8 Å². The summed E-state index contributed by atoms with van der Waals surface area (Å²) < 4.78 is 19.9. The average Bonchev–Trinajstić information content (AvgIpc) is 3.35. The first-order valence-electron chi connectivity index (χ1n) is 7.96. The number of hydrogen-bond acceptors (Lipinski definition) is 7. The zero-order valence-corrected chi connectivity index (χ0v) is 13.6. The number of ether oxygens (including phenoxy) is 1. The van der Waals surface area contributed by atoms with E-state index in [2.05, 4.69) is 25.5 Å². The van der Waals surface area contributed by atoms with E-state index in [9.17, 15) is 9.18 Å². The molecule has 1 saturated heterocycles. The molecule has 0 bridgehead atoms. The lowest BCUT2D eigenvalue weighted by atomic mass is 10.2. The Bertz CT molecular complexity index is 901. The topological polar surface area (TPSA) is 98.9 Å². The number of likely N-dealkylation sites (tertiary alicyclic amines) is 1. The molecule has 26 heavy (non-hydrogen) atoms. The van der Waals surface area contributed by atoms with Crippen LogP contribution in [-0.4, -0.2) is 60.2 Å². The molecule has 9 nitrogen and oxygen atoms in total. The number of carbonyl (C=O) groups is 1. The summed E-state index contributed by atoms with van der Waals surface area (Å²) >= 11 is 0. The summed E-state index contributed by atoms with van der Waals surface area (Å²) in [7, 11) is 0. The van der Waals surface area contributed by atoms with Crippen LogP contribution in [0.2, 0.25) is 0 Å². The number of amides is 1. The lowest BCUT2D eigenvalue weighted by Gasteiger charge is -2.17. The Morgan fingerprint density at radius 3 is 2.88 bits per heavy atom. The van der Waals surface area contributed by atoms with Gasteiger partial charge in [-0.05, 0) is 28.6 Å². The second kappa shape index (κ2) is 6.82. The van der Waals surface area contributed by atoms with Crippen LogP contribution < -0.4 is 4.74 Å². The first-order valence-corrected chi connectivity index (χ1v) is 7.96. The predicted octanol–water partition coefficient (Wildman–Crippen LogP) is 0.885. The maximum absolute atomic E-state index is 12.8. The van der Waals surface area contributed by atoms with E-state index in [1.807, 2.05) is 6.07 Å². The van der Waals surface area contributed by atoms with E-state index in [1.165, 1.54) is 11.0 Å². The van der Waals surface area contributed by atoms with Crippen LogP contribution in [0.4, 0.5) is 4.39 Å². The number of hydrogen-bond donors (Lipinski definition) is 0. The highest BCUT2D eigenvalue weighted by atomic mass is 19.1. The van der Waals surface area contributed by atoms with Crippen LogP contribution in [-0.2, 0) is 0 Å². The monoisotopic (exact) mass is 355 g/mol.